The maximum atomic E-state index is 13.4. The minimum atomic E-state index is -1.10. The number of fused-ring (bicyclic) bond motifs is 2. The second kappa shape index (κ2) is 9.14. The number of aryl methyl sites for hydroxylation is 1. The number of amides is 4. The molecule has 0 bridgehead atoms. The van der Waals surface area contributed by atoms with Gasteiger partial charge in [-0.3, -0.25) is 14.5 Å². The van der Waals surface area contributed by atoms with Crippen LogP contribution in [0.5, 0.6) is 0 Å². The number of nitrogens with zero attached hydrogens (tertiary/aromatic N) is 4. The van der Waals surface area contributed by atoms with Crippen molar-refractivity contribution in [3.63, 3.8) is 0 Å². The van der Waals surface area contributed by atoms with Crippen LogP contribution in [0, 0.1) is 0 Å². The summed E-state index contributed by atoms with van der Waals surface area (Å²) in [7, 11) is 0. The minimum Gasteiger partial charge on any atom is -0.419 e. The third-order valence-corrected chi connectivity index (χ3v) is 6.79. The molecule has 1 aliphatic carbocycles. The molecule has 3 aromatic rings. The normalized spacial score (nSPS) is 18.7. The van der Waals surface area contributed by atoms with Crippen molar-refractivity contribution >= 4 is 29.4 Å². The summed E-state index contributed by atoms with van der Waals surface area (Å²) in [4.78, 5) is 41.9. The number of imide groups is 1. The maximum absolute atomic E-state index is 13.4. The zero-order chi connectivity index (χ0) is 24.6. The molecule has 1 saturated heterocycles. The molecule has 10 heteroatoms. The van der Waals surface area contributed by atoms with Gasteiger partial charge in [0.2, 0.25) is 17.7 Å². The van der Waals surface area contributed by atoms with Crippen molar-refractivity contribution in [1.29, 1.82) is 0 Å². The van der Waals surface area contributed by atoms with Gasteiger partial charge in [-0.05, 0) is 42.5 Å². The van der Waals surface area contributed by atoms with E-state index in [2.05, 4.69) is 15.5 Å². The molecule has 180 valence electrons. The van der Waals surface area contributed by atoms with Crippen LogP contribution in [-0.2, 0) is 28.1 Å². The van der Waals surface area contributed by atoms with Gasteiger partial charge in [0.15, 0.2) is 0 Å². The molecule has 4 amide bonds. The number of carbonyl (C=O) groups is 3. The fourth-order valence-electron chi connectivity index (χ4n) is 4.75. The lowest BCUT2D eigenvalue weighted by atomic mass is 9.92. The van der Waals surface area contributed by atoms with E-state index in [1.54, 1.807) is 18.2 Å². The van der Waals surface area contributed by atoms with E-state index < -0.39 is 17.5 Å². The molecule has 1 aromatic heterocycles. The maximum Gasteiger partial charge on any atom is 0.325 e. The topological polar surface area (TPSA) is 109 Å². The smallest absolute Gasteiger partial charge is 0.325 e. The first-order valence-corrected chi connectivity index (χ1v) is 11.9. The molecule has 1 unspecified atom stereocenters. The number of aromatic nitrogens is 2. The van der Waals surface area contributed by atoms with Crippen LogP contribution in [0.25, 0.3) is 11.5 Å². The first kappa shape index (κ1) is 23.0. The van der Waals surface area contributed by atoms with Gasteiger partial charge in [0.05, 0.1) is 17.1 Å². The summed E-state index contributed by atoms with van der Waals surface area (Å²) >= 11 is 6.21. The Hall–Kier alpha value is -3.72. The van der Waals surface area contributed by atoms with Crippen molar-refractivity contribution in [3.05, 3.63) is 70.6 Å². The predicted octanol–water partition coefficient (Wildman–Crippen LogP) is 3.52. The van der Waals surface area contributed by atoms with Crippen LogP contribution in [-0.4, -0.2) is 50.9 Å². The second-order valence-corrected chi connectivity index (χ2v) is 9.09. The van der Waals surface area contributed by atoms with Gasteiger partial charge in [-0.25, -0.2) is 4.79 Å². The summed E-state index contributed by atoms with van der Waals surface area (Å²) in [5, 5.41) is 11.4. The van der Waals surface area contributed by atoms with Crippen LogP contribution < -0.4 is 5.32 Å². The number of rotatable bonds is 7. The molecule has 1 fully saturated rings. The molecule has 0 radical (unpaired) electrons. The Morgan fingerprint density at radius 1 is 1.17 bits per heavy atom. The molecule has 2 aromatic carbocycles. The highest BCUT2D eigenvalue weighted by atomic mass is 35.5. The lowest BCUT2D eigenvalue weighted by Gasteiger charge is -2.24. The van der Waals surface area contributed by atoms with Crippen LogP contribution in [0.15, 0.2) is 52.9 Å². The van der Waals surface area contributed by atoms with Gasteiger partial charge in [-0.1, -0.05) is 54.9 Å². The Balaban J connectivity index is 1.31. The zero-order valence-corrected chi connectivity index (χ0v) is 19.9. The largest absolute Gasteiger partial charge is 0.419 e. The summed E-state index contributed by atoms with van der Waals surface area (Å²) in [6.07, 6.45) is 1.85. The summed E-state index contributed by atoms with van der Waals surface area (Å²) in [5.41, 5.74) is 1.34. The molecule has 9 nitrogen and oxygen atoms in total. The first-order valence-electron chi connectivity index (χ1n) is 11.5. The van der Waals surface area contributed by atoms with Crippen LogP contribution in [0.1, 0.15) is 36.8 Å². The van der Waals surface area contributed by atoms with Gasteiger partial charge in [0.1, 0.15) is 12.1 Å². The lowest BCUT2D eigenvalue weighted by molar-refractivity contribution is -0.139. The van der Waals surface area contributed by atoms with E-state index in [1.165, 1.54) is 4.90 Å². The molecule has 35 heavy (non-hydrogen) atoms. The second-order valence-electron chi connectivity index (χ2n) is 8.68. The van der Waals surface area contributed by atoms with Crippen molar-refractivity contribution in [3.8, 4) is 11.5 Å². The molecular formula is C25H24ClN5O4. The zero-order valence-electron chi connectivity index (χ0n) is 19.2. The van der Waals surface area contributed by atoms with Crippen molar-refractivity contribution < 1.29 is 18.8 Å². The molecule has 1 N–H and O–H groups in total. The number of benzene rings is 2. The highest BCUT2D eigenvalue weighted by Gasteiger charge is 2.55. The molecule has 1 aliphatic heterocycles. The molecule has 5 rings (SSSR count). The minimum absolute atomic E-state index is 0.0573. The highest BCUT2D eigenvalue weighted by Crippen LogP contribution is 2.41. The fraction of sp³-hybridized carbons (Fsp3) is 0.320. The number of carbonyl (C=O) groups excluding carboxylic acids is 3. The Morgan fingerprint density at radius 3 is 2.74 bits per heavy atom. The Bertz CT molecular complexity index is 1310. The highest BCUT2D eigenvalue weighted by molar-refractivity contribution is 6.33. The van der Waals surface area contributed by atoms with Gasteiger partial charge >= 0.3 is 6.03 Å². The van der Waals surface area contributed by atoms with E-state index in [0.717, 1.165) is 16.0 Å². The van der Waals surface area contributed by atoms with Gasteiger partial charge in [-0.15, -0.1) is 10.2 Å². The number of urea groups is 1. The van der Waals surface area contributed by atoms with Crippen molar-refractivity contribution in [1.82, 2.24) is 25.3 Å². The standard InChI is InChI=1S/C25H24ClN5O4/c1-2-13-30(14-20-28-29-22(35-20)17-8-4-6-10-19(17)26)21(32)15-31-23(33)25(27-24(31)34)12-11-16-7-3-5-9-18(16)25/h3-10H,2,11-15H2,1H3,(H,27,34). The summed E-state index contributed by atoms with van der Waals surface area (Å²) < 4.78 is 5.74. The van der Waals surface area contributed by atoms with Gasteiger partial charge < -0.3 is 14.6 Å². The van der Waals surface area contributed by atoms with Crippen LogP contribution >= 0.6 is 11.6 Å². The van der Waals surface area contributed by atoms with E-state index in [1.807, 2.05) is 37.3 Å². The number of halogens is 1. The molecule has 2 heterocycles. The lowest BCUT2D eigenvalue weighted by Crippen LogP contribution is -2.45. The van der Waals surface area contributed by atoms with Crippen LogP contribution in [0.3, 0.4) is 0 Å². The quantitative estimate of drug-likeness (QED) is 0.504. The average Bonchev–Trinajstić information content (AvgIpc) is 3.53. The molecule has 1 atom stereocenters. The van der Waals surface area contributed by atoms with Crippen molar-refractivity contribution in [2.75, 3.05) is 13.1 Å². The molecule has 2 aliphatic rings. The Morgan fingerprint density at radius 2 is 1.94 bits per heavy atom. The molecule has 0 saturated carbocycles. The van der Waals surface area contributed by atoms with E-state index in [9.17, 15) is 14.4 Å². The number of hydrogen-bond acceptors (Lipinski definition) is 6. The molecular weight excluding hydrogens is 470 g/mol. The third-order valence-electron chi connectivity index (χ3n) is 6.46. The monoisotopic (exact) mass is 493 g/mol. The van der Waals surface area contributed by atoms with Crippen molar-refractivity contribution in [2.24, 2.45) is 0 Å². The number of hydrogen-bond donors (Lipinski definition) is 1. The summed E-state index contributed by atoms with van der Waals surface area (Å²) in [6.45, 7) is 2.03. The molecule has 1 spiro atoms. The predicted molar refractivity (Wildman–Crippen MR) is 127 cm³/mol. The first-order chi connectivity index (χ1) is 16.9. The van der Waals surface area contributed by atoms with E-state index in [4.69, 9.17) is 16.0 Å². The summed E-state index contributed by atoms with van der Waals surface area (Å²) in [6, 6.07) is 14.1. The Kier molecular flexibility index (Phi) is 6.02. The van der Waals surface area contributed by atoms with Gasteiger partial charge in [0.25, 0.3) is 5.91 Å². The van der Waals surface area contributed by atoms with E-state index >= 15 is 0 Å². The SMILES string of the molecule is CCCN(Cc1nnc(-c2ccccc2Cl)o1)C(=O)CN1C(=O)NC2(CCc3ccccc32)C1=O. The van der Waals surface area contributed by atoms with E-state index in [-0.39, 0.29) is 30.8 Å². The average molecular weight is 494 g/mol. The van der Waals surface area contributed by atoms with Crippen molar-refractivity contribution in [2.45, 2.75) is 38.3 Å². The number of nitrogens with one attached hydrogen (secondary N) is 1. The third kappa shape index (κ3) is 4.05. The summed E-state index contributed by atoms with van der Waals surface area (Å²) in [5.74, 6) is -0.280. The van der Waals surface area contributed by atoms with E-state index in [0.29, 0.717) is 36.4 Å². The van der Waals surface area contributed by atoms with Gasteiger partial charge in [-0.2, -0.15) is 0 Å². The Labute approximate surface area is 207 Å². The van der Waals surface area contributed by atoms with Gasteiger partial charge in [0, 0.05) is 6.54 Å². The fourth-order valence-corrected chi connectivity index (χ4v) is 4.97. The van der Waals surface area contributed by atoms with Crippen LogP contribution in [0.2, 0.25) is 5.02 Å². The van der Waals surface area contributed by atoms with Crippen LogP contribution in [0.4, 0.5) is 4.79 Å².